The summed E-state index contributed by atoms with van der Waals surface area (Å²) < 4.78 is 2.48. The summed E-state index contributed by atoms with van der Waals surface area (Å²) in [5.74, 6) is 0. The molecule has 0 radical (unpaired) electrons. The molecule has 2 heteroatoms. The number of hydrogen-bond donors (Lipinski definition) is 0. The fourth-order valence-corrected chi connectivity index (χ4v) is 2.09. The molecule has 0 heterocycles. The first kappa shape index (κ1) is 9.69. The molecule has 0 rings (SSSR count). The van der Waals surface area contributed by atoms with Gasteiger partial charge in [0.2, 0.25) is 0 Å². The van der Waals surface area contributed by atoms with Crippen molar-refractivity contribution in [1.82, 2.24) is 3.11 Å². The molecule has 0 aromatic carbocycles. The standard InChI is InChI=1S/C7H17IN/c1-6-7(2,3)9(5)8-4/h6H2,1-5H3/q-1. The summed E-state index contributed by atoms with van der Waals surface area (Å²) in [5.41, 5.74) is 0.433. The molecule has 0 spiro atoms. The number of nitrogens with zero attached hydrogens (tertiary/aromatic N) is 1. The summed E-state index contributed by atoms with van der Waals surface area (Å²) in [6.07, 6.45) is 1.25. The van der Waals surface area contributed by atoms with Gasteiger partial charge in [-0.2, -0.15) is 0 Å². The van der Waals surface area contributed by atoms with E-state index >= 15 is 0 Å². The van der Waals surface area contributed by atoms with Crippen LogP contribution in [0.4, 0.5) is 0 Å². The van der Waals surface area contributed by atoms with E-state index in [1.165, 1.54) is 6.42 Å². The van der Waals surface area contributed by atoms with Crippen LogP contribution in [0.15, 0.2) is 0 Å². The molecule has 58 valence electrons. The van der Waals surface area contributed by atoms with Crippen LogP contribution in [0.25, 0.3) is 0 Å². The van der Waals surface area contributed by atoms with Crippen molar-refractivity contribution in [2.75, 3.05) is 12.0 Å². The van der Waals surface area contributed by atoms with Gasteiger partial charge >= 0.3 is 69.3 Å². The Balaban J connectivity index is 3.80. The predicted octanol–water partition coefficient (Wildman–Crippen LogP) is -1.26. The maximum atomic E-state index is 2.48. The monoisotopic (exact) mass is 242 g/mol. The van der Waals surface area contributed by atoms with Crippen molar-refractivity contribution in [3.63, 3.8) is 0 Å². The van der Waals surface area contributed by atoms with Crippen LogP contribution in [-0.2, 0) is 0 Å². The predicted molar refractivity (Wildman–Crippen MR) is 38.1 cm³/mol. The summed E-state index contributed by atoms with van der Waals surface area (Å²) in [7, 11) is 2.22. The van der Waals surface area contributed by atoms with Gasteiger partial charge in [-0.05, 0) is 0 Å². The molecule has 0 aliphatic carbocycles. The third-order valence-corrected chi connectivity index (χ3v) is 4.71. The van der Waals surface area contributed by atoms with Crippen LogP contribution < -0.4 is 21.5 Å². The van der Waals surface area contributed by atoms with Gasteiger partial charge in [-0.15, -0.1) is 0 Å². The summed E-state index contributed by atoms with van der Waals surface area (Å²) in [5, 5.41) is 0. The van der Waals surface area contributed by atoms with E-state index in [-0.39, 0.29) is 21.5 Å². The van der Waals surface area contributed by atoms with Gasteiger partial charge in [0.05, 0.1) is 0 Å². The second kappa shape index (κ2) is 3.76. The molecule has 0 aromatic rings. The maximum absolute atomic E-state index is 2.48. The van der Waals surface area contributed by atoms with Gasteiger partial charge in [-0.1, -0.05) is 0 Å². The first-order valence-electron chi connectivity index (χ1n) is 3.28. The average molecular weight is 242 g/mol. The molecule has 0 N–H and O–H groups in total. The van der Waals surface area contributed by atoms with Crippen LogP contribution in [0.3, 0.4) is 0 Å². The molecule has 0 aliphatic rings. The molecule has 0 aromatic heterocycles. The van der Waals surface area contributed by atoms with Gasteiger partial charge in [-0.3, -0.25) is 0 Å². The fraction of sp³-hybridized carbons (Fsp3) is 1.00. The average Bonchev–Trinajstić information content (AvgIpc) is 1.86. The minimum atomic E-state index is 0.282. The molecule has 0 bridgehead atoms. The van der Waals surface area contributed by atoms with Gasteiger partial charge in [-0.25, -0.2) is 0 Å². The Kier molecular flexibility index (Phi) is 4.05. The van der Waals surface area contributed by atoms with Crippen molar-refractivity contribution in [3.8, 4) is 0 Å². The van der Waals surface area contributed by atoms with Crippen molar-refractivity contribution in [2.45, 2.75) is 32.7 Å². The van der Waals surface area contributed by atoms with Gasteiger partial charge in [0.15, 0.2) is 0 Å². The van der Waals surface area contributed by atoms with Gasteiger partial charge in [0, 0.05) is 0 Å². The zero-order chi connectivity index (χ0) is 7.49. The molecule has 0 amide bonds. The molecule has 1 nitrogen and oxygen atoms in total. The van der Waals surface area contributed by atoms with Crippen LogP contribution in [-0.4, -0.2) is 20.6 Å². The van der Waals surface area contributed by atoms with E-state index in [0.717, 1.165) is 0 Å². The van der Waals surface area contributed by atoms with Crippen molar-refractivity contribution >= 4 is 0 Å². The molecule has 0 aliphatic heterocycles. The van der Waals surface area contributed by atoms with Gasteiger partial charge in [0.1, 0.15) is 0 Å². The Morgan fingerprint density at radius 3 is 2.00 bits per heavy atom. The van der Waals surface area contributed by atoms with Gasteiger partial charge < -0.3 is 0 Å². The number of alkyl halides is 1. The van der Waals surface area contributed by atoms with Crippen molar-refractivity contribution in [1.29, 1.82) is 0 Å². The van der Waals surface area contributed by atoms with Crippen LogP contribution >= 0.6 is 0 Å². The van der Waals surface area contributed by atoms with E-state index in [2.05, 4.69) is 35.9 Å². The van der Waals surface area contributed by atoms with Gasteiger partial charge in [0.25, 0.3) is 0 Å². The van der Waals surface area contributed by atoms with Crippen molar-refractivity contribution < 1.29 is 21.5 Å². The van der Waals surface area contributed by atoms with Crippen LogP contribution in [0.5, 0.6) is 0 Å². The summed E-state index contributed by atoms with van der Waals surface area (Å²) in [4.78, 5) is 2.30. The Morgan fingerprint density at radius 2 is 1.89 bits per heavy atom. The second-order valence-electron chi connectivity index (χ2n) is 2.81. The van der Waals surface area contributed by atoms with E-state index in [4.69, 9.17) is 0 Å². The Labute approximate surface area is 69.4 Å². The van der Waals surface area contributed by atoms with E-state index in [1.807, 2.05) is 0 Å². The molecular weight excluding hydrogens is 225 g/mol. The normalized spacial score (nSPS) is 13.1. The van der Waals surface area contributed by atoms with E-state index in [1.54, 1.807) is 0 Å². The zero-order valence-corrected chi connectivity index (χ0v) is 9.19. The molecule has 0 unspecified atom stereocenters. The minimum absolute atomic E-state index is 0.282. The van der Waals surface area contributed by atoms with Crippen LogP contribution in [0.2, 0.25) is 0 Å². The summed E-state index contributed by atoms with van der Waals surface area (Å²) in [6, 6.07) is 0. The number of hydrogen-bond acceptors (Lipinski definition) is 1. The molecule has 0 fully saturated rings. The molecule has 0 atom stereocenters. The summed E-state index contributed by atoms with van der Waals surface area (Å²) in [6.45, 7) is 6.85. The summed E-state index contributed by atoms with van der Waals surface area (Å²) >= 11 is 0.282. The van der Waals surface area contributed by atoms with E-state index in [0.29, 0.717) is 5.54 Å². The number of halogens is 1. The molecule has 9 heavy (non-hydrogen) atoms. The van der Waals surface area contributed by atoms with Crippen LogP contribution in [0, 0.1) is 0 Å². The van der Waals surface area contributed by atoms with E-state index in [9.17, 15) is 0 Å². The number of rotatable bonds is 3. The Hall–Kier alpha value is 0.690. The SMILES string of the molecule is CCC(C)(C)N(C)[I-]C. The fourth-order valence-electron chi connectivity index (χ4n) is 0.447. The third kappa shape index (κ3) is 2.85. The first-order chi connectivity index (χ1) is 4.04. The molecule has 0 saturated heterocycles. The van der Waals surface area contributed by atoms with Crippen LogP contribution in [0.1, 0.15) is 27.2 Å². The molecule has 0 saturated carbocycles. The second-order valence-corrected chi connectivity index (χ2v) is 5.22. The third-order valence-electron chi connectivity index (χ3n) is 1.95. The van der Waals surface area contributed by atoms with Crippen molar-refractivity contribution in [3.05, 3.63) is 0 Å². The Bertz CT molecular complexity index is 81.0. The first-order valence-corrected chi connectivity index (χ1v) is 6.40. The quantitative estimate of drug-likeness (QED) is 0.339. The van der Waals surface area contributed by atoms with E-state index < -0.39 is 0 Å². The topological polar surface area (TPSA) is 3.24 Å². The molecular formula is C7H17IN-. The van der Waals surface area contributed by atoms with Crippen molar-refractivity contribution in [2.24, 2.45) is 0 Å². The zero-order valence-electron chi connectivity index (χ0n) is 7.03. The Morgan fingerprint density at radius 1 is 1.44 bits per heavy atom.